The summed E-state index contributed by atoms with van der Waals surface area (Å²) in [5.74, 6) is -0.0759. The number of ether oxygens (including phenoxy) is 1. The molecule has 26 heavy (non-hydrogen) atoms. The van der Waals surface area contributed by atoms with Crippen molar-refractivity contribution in [2.24, 2.45) is 0 Å². The molecule has 0 radical (unpaired) electrons. The molecule has 0 bridgehead atoms. The molecule has 2 aromatic carbocycles. The number of ketones is 1. The maximum atomic E-state index is 12.2. The summed E-state index contributed by atoms with van der Waals surface area (Å²) in [7, 11) is 1.51. The highest BCUT2D eigenvalue weighted by atomic mass is 35.5. The molecule has 0 fully saturated rings. The summed E-state index contributed by atoms with van der Waals surface area (Å²) in [6.07, 6.45) is 2.79. The first-order valence-corrected chi connectivity index (χ1v) is 7.88. The molecule has 0 spiro atoms. The molecule has 0 heterocycles. The van der Waals surface area contributed by atoms with Crippen molar-refractivity contribution >= 4 is 35.1 Å². The molecule has 134 valence electrons. The number of amides is 1. The normalized spacial score (nSPS) is 10.5. The highest BCUT2D eigenvalue weighted by Gasteiger charge is 2.12. The number of halogens is 1. The van der Waals surface area contributed by atoms with Crippen molar-refractivity contribution in [1.82, 2.24) is 5.32 Å². The number of nitro groups is 1. The van der Waals surface area contributed by atoms with Crippen LogP contribution in [0.15, 0.2) is 48.5 Å². The summed E-state index contributed by atoms with van der Waals surface area (Å²) in [5.41, 5.74) is 0.677. The number of likely N-dealkylation sites (N-methyl/N-ethyl adjacent to an activating group) is 1. The fourth-order valence-electron chi connectivity index (χ4n) is 1.98. The second kappa shape index (κ2) is 8.77. The molecule has 0 saturated heterocycles. The van der Waals surface area contributed by atoms with E-state index in [-0.39, 0.29) is 29.0 Å². The number of carbonyl (C=O) groups excluding carboxylic acids is 2. The fraction of sp³-hybridized carbons (Fsp3) is 0.111. The zero-order valence-electron chi connectivity index (χ0n) is 13.8. The predicted molar refractivity (Wildman–Crippen MR) is 97.5 cm³/mol. The number of nitro benzene ring substituents is 1. The van der Waals surface area contributed by atoms with E-state index in [9.17, 15) is 19.7 Å². The smallest absolute Gasteiger partial charge is 0.288 e. The Bertz CT molecular complexity index is 862. The predicted octanol–water partition coefficient (Wildman–Crippen LogP) is 3.27. The van der Waals surface area contributed by atoms with Gasteiger partial charge in [-0.25, -0.2) is 0 Å². The minimum absolute atomic E-state index is 0.0332. The van der Waals surface area contributed by atoms with Crippen molar-refractivity contribution in [3.05, 3.63) is 74.8 Å². The van der Waals surface area contributed by atoms with E-state index < -0.39 is 4.92 Å². The van der Waals surface area contributed by atoms with Gasteiger partial charge in [-0.3, -0.25) is 19.7 Å². The van der Waals surface area contributed by atoms with E-state index in [2.05, 4.69) is 5.32 Å². The van der Waals surface area contributed by atoms with E-state index in [4.69, 9.17) is 16.3 Å². The van der Waals surface area contributed by atoms with Crippen LogP contribution in [0, 0.1) is 10.1 Å². The number of carbonyl (C=O) groups is 2. The highest BCUT2D eigenvalue weighted by Crippen LogP contribution is 2.25. The summed E-state index contributed by atoms with van der Waals surface area (Å²) in [4.78, 5) is 33.6. The molecule has 0 aliphatic rings. The van der Waals surface area contributed by atoms with E-state index in [0.717, 1.165) is 0 Å². The van der Waals surface area contributed by atoms with Gasteiger partial charge in [-0.2, -0.15) is 0 Å². The lowest BCUT2D eigenvalue weighted by molar-refractivity contribution is -0.384. The van der Waals surface area contributed by atoms with E-state index in [0.29, 0.717) is 16.9 Å². The second-order valence-corrected chi connectivity index (χ2v) is 5.56. The Morgan fingerprint density at radius 2 is 1.92 bits per heavy atom. The maximum Gasteiger partial charge on any atom is 0.288 e. The number of hydrogen-bond acceptors (Lipinski definition) is 5. The molecule has 0 unspecified atom stereocenters. The number of hydrogen-bond donors (Lipinski definition) is 1. The number of nitrogens with zero attached hydrogens (tertiary/aromatic N) is 1. The monoisotopic (exact) mass is 374 g/mol. The minimum Gasteiger partial charge on any atom is -0.484 e. The molecule has 2 aromatic rings. The van der Waals surface area contributed by atoms with Crippen LogP contribution in [0.1, 0.15) is 15.9 Å². The molecular weight excluding hydrogens is 360 g/mol. The Hall–Kier alpha value is -3.19. The molecular formula is C18H15ClN2O5. The average Bonchev–Trinajstić information content (AvgIpc) is 2.65. The SMILES string of the molecule is CNC(=O)COc1ccc(C(=O)/C=C/c2ccc(Cl)c([N+](=O)[O-])c2)cc1. The van der Waals surface area contributed by atoms with Gasteiger partial charge in [0.05, 0.1) is 4.92 Å². The van der Waals surface area contributed by atoms with Gasteiger partial charge in [0, 0.05) is 18.7 Å². The highest BCUT2D eigenvalue weighted by molar-refractivity contribution is 6.32. The molecule has 1 amide bonds. The molecule has 0 aromatic heterocycles. The van der Waals surface area contributed by atoms with Crippen molar-refractivity contribution in [1.29, 1.82) is 0 Å². The largest absolute Gasteiger partial charge is 0.484 e. The van der Waals surface area contributed by atoms with E-state index in [1.807, 2.05) is 0 Å². The zero-order valence-corrected chi connectivity index (χ0v) is 14.5. The fourth-order valence-corrected chi connectivity index (χ4v) is 2.16. The van der Waals surface area contributed by atoms with Crippen LogP contribution in [0.4, 0.5) is 5.69 Å². The van der Waals surface area contributed by atoms with Gasteiger partial charge < -0.3 is 10.1 Å². The lowest BCUT2D eigenvalue weighted by atomic mass is 10.1. The first-order chi connectivity index (χ1) is 12.4. The third-order valence-corrected chi connectivity index (χ3v) is 3.70. The van der Waals surface area contributed by atoms with Crippen molar-refractivity contribution in [3.63, 3.8) is 0 Å². The van der Waals surface area contributed by atoms with Crippen LogP contribution in [0.3, 0.4) is 0 Å². The zero-order chi connectivity index (χ0) is 19.1. The second-order valence-electron chi connectivity index (χ2n) is 5.15. The summed E-state index contributed by atoms with van der Waals surface area (Å²) in [5, 5.41) is 13.3. The Labute approximate surface area is 154 Å². The molecule has 7 nitrogen and oxygen atoms in total. The molecule has 2 rings (SSSR count). The topological polar surface area (TPSA) is 98.5 Å². The number of nitrogens with one attached hydrogen (secondary N) is 1. The van der Waals surface area contributed by atoms with Crippen LogP contribution >= 0.6 is 11.6 Å². The van der Waals surface area contributed by atoms with Crippen LogP contribution in [0.5, 0.6) is 5.75 Å². The quantitative estimate of drug-likeness (QED) is 0.347. The Kier molecular flexibility index (Phi) is 6.46. The van der Waals surface area contributed by atoms with Crippen LogP contribution < -0.4 is 10.1 Å². The molecule has 8 heteroatoms. The first-order valence-electron chi connectivity index (χ1n) is 7.50. The van der Waals surface area contributed by atoms with Gasteiger partial charge in [0.25, 0.3) is 11.6 Å². The van der Waals surface area contributed by atoms with Gasteiger partial charge in [0.15, 0.2) is 12.4 Å². The molecule has 0 aliphatic carbocycles. The molecule has 1 N–H and O–H groups in total. The van der Waals surface area contributed by atoms with Gasteiger partial charge >= 0.3 is 0 Å². The van der Waals surface area contributed by atoms with Crippen molar-refractivity contribution in [2.45, 2.75) is 0 Å². The first kappa shape index (κ1) is 19.1. The number of rotatable bonds is 7. The van der Waals surface area contributed by atoms with Crippen LogP contribution in [0.2, 0.25) is 5.02 Å². The summed E-state index contributed by atoms with van der Waals surface area (Å²) < 4.78 is 5.25. The van der Waals surface area contributed by atoms with Crippen LogP contribution in [-0.2, 0) is 4.79 Å². The third-order valence-electron chi connectivity index (χ3n) is 3.38. The lowest BCUT2D eigenvalue weighted by Crippen LogP contribution is -2.24. The summed E-state index contributed by atoms with van der Waals surface area (Å²) in [6, 6.07) is 10.6. The molecule has 0 saturated carbocycles. The summed E-state index contributed by atoms with van der Waals surface area (Å²) in [6.45, 7) is -0.112. The van der Waals surface area contributed by atoms with E-state index in [1.165, 1.54) is 31.3 Å². The average molecular weight is 375 g/mol. The van der Waals surface area contributed by atoms with E-state index in [1.54, 1.807) is 30.3 Å². The third kappa shape index (κ3) is 5.15. The summed E-state index contributed by atoms with van der Waals surface area (Å²) >= 11 is 5.75. The molecule has 0 aliphatic heterocycles. The van der Waals surface area contributed by atoms with Crippen LogP contribution in [0.25, 0.3) is 6.08 Å². The number of allylic oxidation sites excluding steroid dienone is 1. The van der Waals surface area contributed by atoms with E-state index >= 15 is 0 Å². The van der Waals surface area contributed by atoms with Crippen molar-refractivity contribution < 1.29 is 19.2 Å². The van der Waals surface area contributed by atoms with Gasteiger partial charge in [0.2, 0.25) is 0 Å². The molecule has 0 atom stereocenters. The maximum absolute atomic E-state index is 12.2. The minimum atomic E-state index is -0.584. The van der Waals surface area contributed by atoms with Gasteiger partial charge in [-0.15, -0.1) is 0 Å². The van der Waals surface area contributed by atoms with Gasteiger partial charge in [-0.05, 0) is 42.0 Å². The lowest BCUT2D eigenvalue weighted by Gasteiger charge is -2.05. The van der Waals surface area contributed by atoms with Gasteiger partial charge in [-0.1, -0.05) is 23.7 Å². The van der Waals surface area contributed by atoms with Crippen molar-refractivity contribution in [2.75, 3.05) is 13.7 Å². The number of benzene rings is 2. The Morgan fingerprint density at radius 1 is 1.23 bits per heavy atom. The van der Waals surface area contributed by atoms with Crippen molar-refractivity contribution in [3.8, 4) is 5.75 Å². The standard InChI is InChI=1S/C18H15ClN2O5/c1-20-18(23)11-26-14-6-4-13(5-7-14)17(22)9-3-12-2-8-15(19)16(10-12)21(24)25/h2-10H,11H2,1H3,(H,20,23)/b9-3+. The Balaban J connectivity index is 2.05. The van der Waals surface area contributed by atoms with Gasteiger partial charge in [0.1, 0.15) is 10.8 Å². The van der Waals surface area contributed by atoms with Crippen LogP contribution in [-0.4, -0.2) is 30.3 Å². The Morgan fingerprint density at radius 3 is 2.54 bits per heavy atom.